The number of Topliss-reactive ketones (excluding diaryl/α,β-unsaturated/α-hetero) is 1. The Labute approximate surface area is 89.8 Å². The van der Waals surface area contributed by atoms with Gasteiger partial charge < -0.3 is 4.90 Å². The summed E-state index contributed by atoms with van der Waals surface area (Å²) >= 11 is 3.33. The standard InChI is InChI=1S/C10H8BrNO2/c1-5-3-4-6(11)8-7(5)9(13)10(14)12(8)2/h3-4H,1-2H3. The van der Waals surface area contributed by atoms with E-state index < -0.39 is 11.7 Å². The van der Waals surface area contributed by atoms with Crippen LogP contribution in [0.25, 0.3) is 0 Å². The van der Waals surface area contributed by atoms with E-state index >= 15 is 0 Å². The highest BCUT2D eigenvalue weighted by Crippen LogP contribution is 2.36. The summed E-state index contributed by atoms with van der Waals surface area (Å²) < 4.78 is 0.778. The largest absolute Gasteiger partial charge is 0.307 e. The number of carbonyl (C=O) groups is 2. The summed E-state index contributed by atoms with van der Waals surface area (Å²) in [5, 5.41) is 0. The smallest absolute Gasteiger partial charge is 0.299 e. The summed E-state index contributed by atoms with van der Waals surface area (Å²) in [4.78, 5) is 24.4. The molecule has 1 aliphatic heterocycles. The molecular formula is C10H8BrNO2. The number of anilines is 1. The first kappa shape index (κ1) is 9.40. The zero-order valence-corrected chi connectivity index (χ0v) is 9.38. The summed E-state index contributed by atoms with van der Waals surface area (Å²) in [5.74, 6) is -0.878. The predicted molar refractivity (Wildman–Crippen MR) is 56.6 cm³/mol. The Balaban J connectivity index is 2.80. The topological polar surface area (TPSA) is 37.4 Å². The number of aryl methyl sites for hydroxylation is 1. The molecule has 0 spiro atoms. The number of fused-ring (bicyclic) bond motifs is 1. The van der Waals surface area contributed by atoms with Gasteiger partial charge in [0, 0.05) is 11.5 Å². The summed E-state index contributed by atoms with van der Waals surface area (Å²) in [6.45, 7) is 1.83. The molecule has 2 rings (SSSR count). The molecule has 1 heterocycles. The fourth-order valence-corrected chi connectivity index (χ4v) is 2.24. The lowest BCUT2D eigenvalue weighted by Crippen LogP contribution is -2.25. The third-order valence-electron chi connectivity index (χ3n) is 2.40. The minimum Gasteiger partial charge on any atom is -0.307 e. The number of hydrogen-bond acceptors (Lipinski definition) is 2. The van der Waals surface area contributed by atoms with Crippen LogP contribution < -0.4 is 4.90 Å². The van der Waals surface area contributed by atoms with Gasteiger partial charge in [-0.1, -0.05) is 6.07 Å². The zero-order chi connectivity index (χ0) is 10.5. The van der Waals surface area contributed by atoms with Gasteiger partial charge in [0.1, 0.15) is 0 Å². The number of nitrogens with zero attached hydrogens (tertiary/aromatic N) is 1. The molecule has 0 saturated carbocycles. The Hall–Kier alpha value is -1.16. The molecule has 14 heavy (non-hydrogen) atoms. The van der Waals surface area contributed by atoms with Crippen molar-refractivity contribution >= 4 is 33.3 Å². The maximum Gasteiger partial charge on any atom is 0.299 e. The molecule has 0 aliphatic carbocycles. The molecule has 0 unspecified atom stereocenters. The number of hydrogen-bond donors (Lipinski definition) is 0. The van der Waals surface area contributed by atoms with E-state index in [0.717, 1.165) is 10.0 Å². The second kappa shape index (κ2) is 2.92. The average Bonchev–Trinajstić information content (AvgIpc) is 2.38. The van der Waals surface area contributed by atoms with Crippen molar-refractivity contribution in [1.82, 2.24) is 0 Å². The minimum absolute atomic E-state index is 0.415. The van der Waals surface area contributed by atoms with Gasteiger partial charge in [-0.3, -0.25) is 9.59 Å². The number of amides is 1. The molecular weight excluding hydrogens is 246 g/mol. The average molecular weight is 254 g/mol. The fraction of sp³-hybridized carbons (Fsp3) is 0.200. The summed E-state index contributed by atoms with van der Waals surface area (Å²) in [7, 11) is 1.61. The van der Waals surface area contributed by atoms with Crippen LogP contribution in [-0.2, 0) is 4.79 Å². The fourth-order valence-electron chi connectivity index (χ4n) is 1.64. The number of rotatable bonds is 0. The van der Waals surface area contributed by atoms with E-state index in [1.165, 1.54) is 4.90 Å². The number of ketones is 1. The first-order valence-electron chi connectivity index (χ1n) is 4.15. The van der Waals surface area contributed by atoms with Crippen LogP contribution in [-0.4, -0.2) is 18.7 Å². The number of halogens is 1. The van der Waals surface area contributed by atoms with Crippen LogP contribution in [0.3, 0.4) is 0 Å². The van der Waals surface area contributed by atoms with Crippen LogP contribution in [0, 0.1) is 6.92 Å². The highest BCUT2D eigenvalue weighted by molar-refractivity contribution is 9.10. The molecule has 72 valence electrons. The van der Waals surface area contributed by atoms with Crippen LogP contribution in [0.1, 0.15) is 15.9 Å². The highest BCUT2D eigenvalue weighted by atomic mass is 79.9. The molecule has 1 amide bonds. The molecule has 1 aromatic rings. The third-order valence-corrected chi connectivity index (χ3v) is 3.04. The van der Waals surface area contributed by atoms with Crippen LogP contribution in [0.2, 0.25) is 0 Å². The molecule has 3 nitrogen and oxygen atoms in total. The number of likely N-dealkylation sites (N-methyl/N-ethyl adjacent to an activating group) is 1. The van der Waals surface area contributed by atoms with Crippen molar-refractivity contribution in [2.75, 3.05) is 11.9 Å². The van der Waals surface area contributed by atoms with Gasteiger partial charge in [0.05, 0.1) is 11.3 Å². The first-order valence-corrected chi connectivity index (χ1v) is 4.95. The van der Waals surface area contributed by atoms with Gasteiger partial charge in [0.25, 0.3) is 11.7 Å². The van der Waals surface area contributed by atoms with E-state index in [2.05, 4.69) is 15.9 Å². The molecule has 0 saturated heterocycles. The molecule has 0 fully saturated rings. The monoisotopic (exact) mass is 253 g/mol. The lowest BCUT2D eigenvalue weighted by Gasteiger charge is -2.11. The first-order chi connectivity index (χ1) is 6.54. The Morgan fingerprint density at radius 1 is 1.29 bits per heavy atom. The van der Waals surface area contributed by atoms with Crippen LogP contribution in [0.4, 0.5) is 5.69 Å². The quantitative estimate of drug-likeness (QED) is 0.663. The molecule has 1 aromatic carbocycles. The molecule has 0 radical (unpaired) electrons. The van der Waals surface area contributed by atoms with E-state index in [-0.39, 0.29) is 0 Å². The summed E-state index contributed by atoms with van der Waals surface area (Å²) in [6, 6.07) is 3.67. The molecule has 0 bridgehead atoms. The van der Waals surface area contributed by atoms with Crippen molar-refractivity contribution < 1.29 is 9.59 Å². The second-order valence-corrected chi connectivity index (χ2v) is 4.14. The van der Waals surface area contributed by atoms with Crippen LogP contribution >= 0.6 is 15.9 Å². The van der Waals surface area contributed by atoms with Gasteiger partial charge in [0.2, 0.25) is 0 Å². The van der Waals surface area contributed by atoms with Gasteiger partial charge >= 0.3 is 0 Å². The van der Waals surface area contributed by atoms with E-state index in [4.69, 9.17) is 0 Å². The van der Waals surface area contributed by atoms with E-state index in [1.54, 1.807) is 7.05 Å². The third kappa shape index (κ3) is 1.04. The van der Waals surface area contributed by atoms with Crippen molar-refractivity contribution in [3.05, 3.63) is 27.7 Å². The highest BCUT2D eigenvalue weighted by Gasteiger charge is 2.35. The Bertz CT molecular complexity index is 454. The van der Waals surface area contributed by atoms with E-state index in [9.17, 15) is 9.59 Å². The summed E-state index contributed by atoms with van der Waals surface area (Å²) in [5.41, 5.74) is 2.04. The van der Waals surface area contributed by atoms with Gasteiger partial charge in [-0.05, 0) is 34.5 Å². The van der Waals surface area contributed by atoms with Crippen LogP contribution in [0.15, 0.2) is 16.6 Å². The zero-order valence-electron chi connectivity index (χ0n) is 7.80. The summed E-state index contributed by atoms with van der Waals surface area (Å²) in [6.07, 6.45) is 0. The van der Waals surface area contributed by atoms with Crippen molar-refractivity contribution in [2.24, 2.45) is 0 Å². The van der Waals surface area contributed by atoms with E-state index in [0.29, 0.717) is 11.3 Å². The number of carbonyl (C=O) groups excluding carboxylic acids is 2. The normalized spacial score (nSPS) is 14.9. The lowest BCUT2D eigenvalue weighted by molar-refractivity contribution is -0.114. The maximum absolute atomic E-state index is 11.6. The van der Waals surface area contributed by atoms with Gasteiger partial charge in [0.15, 0.2) is 0 Å². The molecule has 0 N–H and O–H groups in total. The Morgan fingerprint density at radius 3 is 2.50 bits per heavy atom. The second-order valence-electron chi connectivity index (χ2n) is 3.28. The molecule has 0 atom stereocenters. The van der Waals surface area contributed by atoms with Crippen molar-refractivity contribution in [2.45, 2.75) is 6.92 Å². The van der Waals surface area contributed by atoms with Crippen LogP contribution in [0.5, 0.6) is 0 Å². The van der Waals surface area contributed by atoms with Gasteiger partial charge in [-0.2, -0.15) is 0 Å². The molecule has 0 aromatic heterocycles. The number of benzene rings is 1. The van der Waals surface area contributed by atoms with E-state index in [1.807, 2.05) is 19.1 Å². The molecule has 1 aliphatic rings. The predicted octanol–water partition coefficient (Wildman–Crippen LogP) is 1.92. The molecule has 4 heteroatoms. The maximum atomic E-state index is 11.6. The minimum atomic E-state index is -0.463. The Morgan fingerprint density at radius 2 is 1.93 bits per heavy atom. The van der Waals surface area contributed by atoms with Gasteiger partial charge in [-0.15, -0.1) is 0 Å². The van der Waals surface area contributed by atoms with Gasteiger partial charge in [-0.25, -0.2) is 0 Å². The SMILES string of the molecule is Cc1ccc(Br)c2c1C(=O)C(=O)N2C. The van der Waals surface area contributed by atoms with Crippen molar-refractivity contribution in [3.63, 3.8) is 0 Å². The lowest BCUT2D eigenvalue weighted by atomic mass is 10.1. The van der Waals surface area contributed by atoms with Crippen molar-refractivity contribution in [1.29, 1.82) is 0 Å². The van der Waals surface area contributed by atoms with Crippen molar-refractivity contribution in [3.8, 4) is 0 Å². The Kier molecular flexibility index (Phi) is 1.96.